The summed E-state index contributed by atoms with van der Waals surface area (Å²) in [6.45, 7) is 0.947. The fraction of sp³-hybridized carbons (Fsp3) is 0.250. The van der Waals surface area contributed by atoms with Gasteiger partial charge in [-0.15, -0.1) is 0 Å². The molecule has 5 heteroatoms. The van der Waals surface area contributed by atoms with Gasteiger partial charge in [-0.1, -0.05) is 11.6 Å². The molecule has 0 N–H and O–H groups in total. The maximum Gasteiger partial charge on any atom is 0.141 e. The van der Waals surface area contributed by atoms with E-state index in [2.05, 4.69) is 21.0 Å². The van der Waals surface area contributed by atoms with Crippen LogP contribution in [0, 0.1) is 5.82 Å². The Morgan fingerprint density at radius 2 is 2.24 bits per heavy atom. The lowest BCUT2D eigenvalue weighted by atomic mass is 10.1. The van der Waals surface area contributed by atoms with Crippen LogP contribution in [0.25, 0.3) is 11.3 Å². The van der Waals surface area contributed by atoms with Gasteiger partial charge >= 0.3 is 0 Å². The summed E-state index contributed by atoms with van der Waals surface area (Å²) in [6.07, 6.45) is 2.16. The molecular weight excluding hydrogens is 307 g/mol. The molecule has 1 aromatic heterocycles. The topological polar surface area (TPSA) is 17.8 Å². The summed E-state index contributed by atoms with van der Waals surface area (Å²) in [5.74, 6) is -0.404. The number of nitrogens with zero attached hydrogens (tertiary/aromatic N) is 2. The van der Waals surface area contributed by atoms with E-state index < -0.39 is 5.82 Å². The van der Waals surface area contributed by atoms with Crippen LogP contribution in [-0.4, -0.2) is 9.78 Å². The molecule has 0 saturated carbocycles. The van der Waals surface area contributed by atoms with Gasteiger partial charge in [0.25, 0.3) is 0 Å². The van der Waals surface area contributed by atoms with Crippen LogP contribution >= 0.6 is 27.5 Å². The van der Waals surface area contributed by atoms with Crippen LogP contribution in [0.5, 0.6) is 0 Å². The smallest absolute Gasteiger partial charge is 0.141 e. The van der Waals surface area contributed by atoms with Crippen molar-refractivity contribution in [2.24, 2.45) is 0 Å². The Kier molecular flexibility index (Phi) is 2.71. The highest BCUT2D eigenvalue weighted by Gasteiger charge is 2.21. The largest absolute Gasteiger partial charge is 0.268 e. The minimum atomic E-state index is -0.404. The Bertz CT molecular complexity index is 594. The molecule has 3 rings (SSSR count). The van der Waals surface area contributed by atoms with Gasteiger partial charge in [0, 0.05) is 12.1 Å². The minimum absolute atomic E-state index is 0.127. The van der Waals surface area contributed by atoms with E-state index in [1.807, 2.05) is 4.68 Å². The standard InChI is InChI=1S/C12H9BrClFN2/c13-11-10-2-1-5-17(10)16-12(11)7-3-4-9(15)8(14)6-7/h3-4,6H,1-2,5H2. The first-order valence-corrected chi connectivity index (χ1v) is 6.54. The molecule has 1 aliphatic rings. The van der Waals surface area contributed by atoms with Crippen LogP contribution in [0.15, 0.2) is 22.7 Å². The Hall–Kier alpha value is -0.870. The Morgan fingerprint density at radius 1 is 1.41 bits per heavy atom. The van der Waals surface area contributed by atoms with E-state index >= 15 is 0 Å². The lowest BCUT2D eigenvalue weighted by molar-refractivity contribution is 0.628. The lowest BCUT2D eigenvalue weighted by Crippen LogP contribution is -1.94. The minimum Gasteiger partial charge on any atom is -0.268 e. The number of hydrogen-bond donors (Lipinski definition) is 0. The Labute approximate surface area is 112 Å². The van der Waals surface area contributed by atoms with E-state index in [0.29, 0.717) is 0 Å². The molecule has 2 nitrogen and oxygen atoms in total. The highest BCUT2D eigenvalue weighted by Crippen LogP contribution is 2.34. The fourth-order valence-corrected chi connectivity index (χ4v) is 3.01. The van der Waals surface area contributed by atoms with Crippen molar-refractivity contribution in [3.05, 3.63) is 39.2 Å². The zero-order valence-corrected chi connectivity index (χ0v) is 11.2. The van der Waals surface area contributed by atoms with E-state index in [1.165, 1.54) is 11.8 Å². The first-order chi connectivity index (χ1) is 8.16. The summed E-state index contributed by atoms with van der Waals surface area (Å²) in [7, 11) is 0. The molecule has 2 aromatic rings. The molecule has 0 fully saturated rings. The molecule has 17 heavy (non-hydrogen) atoms. The SMILES string of the molecule is Fc1ccc(-c2nn3c(c2Br)CCC3)cc1Cl. The zero-order valence-electron chi connectivity index (χ0n) is 8.88. The van der Waals surface area contributed by atoms with Crippen molar-refractivity contribution in [1.82, 2.24) is 9.78 Å². The molecule has 88 valence electrons. The van der Waals surface area contributed by atoms with Gasteiger partial charge in [-0.05, 0) is 47.0 Å². The number of halogens is 3. The van der Waals surface area contributed by atoms with E-state index in [1.54, 1.807) is 12.1 Å². The highest BCUT2D eigenvalue weighted by molar-refractivity contribution is 9.10. The van der Waals surface area contributed by atoms with Crippen LogP contribution in [0.1, 0.15) is 12.1 Å². The summed E-state index contributed by atoms with van der Waals surface area (Å²) in [5.41, 5.74) is 2.88. The van der Waals surface area contributed by atoms with Crippen LogP contribution in [-0.2, 0) is 13.0 Å². The summed E-state index contributed by atoms with van der Waals surface area (Å²) in [4.78, 5) is 0. The van der Waals surface area contributed by atoms with Gasteiger partial charge in [0.05, 0.1) is 15.2 Å². The third-order valence-corrected chi connectivity index (χ3v) is 4.09. The predicted molar refractivity (Wildman–Crippen MR) is 68.7 cm³/mol. The normalized spacial score (nSPS) is 14.1. The summed E-state index contributed by atoms with van der Waals surface area (Å²) in [5, 5.41) is 4.65. The monoisotopic (exact) mass is 314 g/mol. The second-order valence-corrected chi connectivity index (χ2v) is 5.27. The molecular formula is C12H9BrClFN2. The third kappa shape index (κ3) is 1.79. The van der Waals surface area contributed by atoms with Gasteiger partial charge in [0.15, 0.2) is 0 Å². The van der Waals surface area contributed by atoms with Crippen LogP contribution in [0.2, 0.25) is 5.02 Å². The maximum atomic E-state index is 13.1. The van der Waals surface area contributed by atoms with Gasteiger partial charge in [-0.2, -0.15) is 5.10 Å². The third-order valence-electron chi connectivity index (χ3n) is 2.97. The molecule has 0 bridgehead atoms. The van der Waals surface area contributed by atoms with Crippen molar-refractivity contribution in [2.75, 3.05) is 0 Å². The molecule has 0 saturated heterocycles. The van der Waals surface area contributed by atoms with Crippen molar-refractivity contribution >= 4 is 27.5 Å². The Balaban J connectivity index is 2.12. The van der Waals surface area contributed by atoms with Gasteiger partial charge in [0.2, 0.25) is 0 Å². The molecule has 0 radical (unpaired) electrons. The van der Waals surface area contributed by atoms with Crippen molar-refractivity contribution in [3.8, 4) is 11.3 Å². The summed E-state index contributed by atoms with van der Waals surface area (Å²) < 4.78 is 16.1. The van der Waals surface area contributed by atoms with E-state index in [0.717, 1.165) is 35.1 Å². The molecule has 0 aliphatic carbocycles. The Morgan fingerprint density at radius 3 is 2.94 bits per heavy atom. The van der Waals surface area contributed by atoms with Crippen LogP contribution in [0.3, 0.4) is 0 Å². The van der Waals surface area contributed by atoms with Crippen molar-refractivity contribution in [1.29, 1.82) is 0 Å². The van der Waals surface area contributed by atoms with Crippen molar-refractivity contribution in [3.63, 3.8) is 0 Å². The molecule has 0 amide bonds. The van der Waals surface area contributed by atoms with Crippen LogP contribution in [0.4, 0.5) is 4.39 Å². The molecule has 1 aromatic carbocycles. The predicted octanol–water partition coefficient (Wildman–Crippen LogP) is 4.05. The number of fused-ring (bicyclic) bond motifs is 1. The number of rotatable bonds is 1. The molecule has 0 atom stereocenters. The zero-order chi connectivity index (χ0) is 12.0. The number of aryl methyl sites for hydroxylation is 1. The van der Waals surface area contributed by atoms with Crippen molar-refractivity contribution in [2.45, 2.75) is 19.4 Å². The molecule has 0 spiro atoms. The van der Waals surface area contributed by atoms with Crippen molar-refractivity contribution < 1.29 is 4.39 Å². The van der Waals surface area contributed by atoms with Gasteiger partial charge < -0.3 is 0 Å². The van der Waals surface area contributed by atoms with Gasteiger partial charge in [0.1, 0.15) is 11.5 Å². The second-order valence-electron chi connectivity index (χ2n) is 4.06. The number of hydrogen-bond acceptors (Lipinski definition) is 1. The van der Waals surface area contributed by atoms with Crippen LogP contribution < -0.4 is 0 Å². The second kappa shape index (κ2) is 4.10. The average molecular weight is 316 g/mol. The number of aromatic nitrogens is 2. The maximum absolute atomic E-state index is 13.1. The summed E-state index contributed by atoms with van der Waals surface area (Å²) in [6, 6.07) is 4.68. The first-order valence-electron chi connectivity index (χ1n) is 5.37. The molecule has 1 aliphatic heterocycles. The van der Waals surface area contributed by atoms with Gasteiger partial charge in [-0.3, -0.25) is 4.68 Å². The quantitative estimate of drug-likeness (QED) is 0.776. The van der Waals surface area contributed by atoms with E-state index in [4.69, 9.17) is 11.6 Å². The molecule has 0 unspecified atom stereocenters. The fourth-order valence-electron chi connectivity index (χ4n) is 2.12. The first kappa shape index (κ1) is 11.2. The highest BCUT2D eigenvalue weighted by atomic mass is 79.9. The van der Waals surface area contributed by atoms with Gasteiger partial charge in [-0.25, -0.2) is 4.39 Å². The van der Waals surface area contributed by atoms with E-state index in [9.17, 15) is 4.39 Å². The lowest BCUT2D eigenvalue weighted by Gasteiger charge is -2.00. The molecule has 2 heterocycles. The summed E-state index contributed by atoms with van der Waals surface area (Å²) >= 11 is 9.35. The average Bonchev–Trinajstić information content (AvgIpc) is 2.86. The number of benzene rings is 1. The van der Waals surface area contributed by atoms with E-state index in [-0.39, 0.29) is 5.02 Å².